The van der Waals surface area contributed by atoms with E-state index in [0.29, 0.717) is 0 Å². The van der Waals surface area contributed by atoms with Gasteiger partial charge in [0.25, 0.3) is 0 Å². The Bertz CT molecular complexity index is 74.3. The van der Waals surface area contributed by atoms with Crippen LogP contribution >= 0.6 is 7.81 Å². The fraction of sp³-hybridized carbons (Fsp3) is 0. The maximum Gasteiger partial charge on any atom is 1.00 e. The first-order valence-corrected chi connectivity index (χ1v) is 3.04. The van der Waals surface area contributed by atoms with Gasteiger partial charge in [-0.15, -0.1) is 0 Å². The van der Waals surface area contributed by atoms with Crippen LogP contribution in [-0.2, 0) is 0 Å². The quantitative estimate of drug-likeness (QED) is 0.205. The summed E-state index contributed by atoms with van der Waals surface area (Å²) in [5.74, 6) is 0. The van der Waals surface area contributed by atoms with E-state index in [1.807, 2.05) is 0 Å². The van der Waals surface area contributed by atoms with Gasteiger partial charge in [0.2, 0.25) is 0 Å². The van der Waals surface area contributed by atoms with Gasteiger partial charge in [0, 0.05) is 0 Å². The number of halogens is 7. The molecule has 0 atom stereocenters. The molecule has 10 heteroatoms. The molecule has 0 rings (SSSR count). The van der Waals surface area contributed by atoms with Gasteiger partial charge in [0.15, 0.2) is 0 Å². The summed E-state index contributed by atoms with van der Waals surface area (Å²) in [4.78, 5) is 0. The summed E-state index contributed by atoms with van der Waals surface area (Å²) in [7, 11) is -10.7. The van der Waals surface area contributed by atoms with Crippen LogP contribution in [-0.4, -0.2) is 0 Å². The van der Waals surface area contributed by atoms with Crippen LogP contribution in [0.4, 0.5) is 25.2 Å². The third-order valence-corrected chi connectivity index (χ3v) is 0. The van der Waals surface area contributed by atoms with Crippen LogP contribution in [0.2, 0.25) is 0 Å². The molecule has 56 valence electrons. The third-order valence-electron chi connectivity index (χ3n) is 0. The second-order valence-corrected chi connectivity index (χ2v) is 2.87. The van der Waals surface area contributed by atoms with Crippen molar-refractivity contribution in [2.45, 2.75) is 0 Å². The molecule has 0 radical (unpaired) electrons. The van der Waals surface area contributed by atoms with Crippen molar-refractivity contribution in [2.24, 2.45) is 0 Å². The zero-order valence-corrected chi connectivity index (χ0v) is 6.74. The maximum atomic E-state index is 9.87. The molecule has 0 amide bonds. The predicted molar refractivity (Wildman–Crippen MR) is 13.6 cm³/mol. The molecule has 0 aliphatic rings. The summed E-state index contributed by atoms with van der Waals surface area (Å²) >= 11 is 0. The minimum absolute atomic E-state index is 0. The van der Waals surface area contributed by atoms with Crippen LogP contribution < -0.4 is 50.1 Å². The Morgan fingerprint density at radius 1 is 0.600 bits per heavy atom. The smallest absolute Gasteiger partial charge is 1.00 e. The Morgan fingerprint density at radius 3 is 0.600 bits per heavy atom. The molecule has 0 saturated heterocycles. The average Bonchev–Trinajstić information content (AvgIpc) is 0.592. The van der Waals surface area contributed by atoms with Gasteiger partial charge in [-0.05, 0) is 0 Å². The minimum atomic E-state index is -10.7. The molecule has 0 aromatic carbocycles. The molecular formula is ClF6Li2P. The van der Waals surface area contributed by atoms with E-state index < -0.39 is 7.81 Å². The van der Waals surface area contributed by atoms with Gasteiger partial charge >= 0.3 is 70.7 Å². The zero-order valence-electron chi connectivity index (χ0n) is 5.09. The van der Waals surface area contributed by atoms with Gasteiger partial charge in [0.1, 0.15) is 0 Å². The van der Waals surface area contributed by atoms with E-state index in [2.05, 4.69) is 0 Å². The Kier molecular flexibility index (Phi) is 7.84. The van der Waals surface area contributed by atoms with Crippen molar-refractivity contribution >= 4 is 7.81 Å². The van der Waals surface area contributed by atoms with Gasteiger partial charge < -0.3 is 12.4 Å². The summed E-state index contributed by atoms with van der Waals surface area (Å²) in [5, 5.41) is 0. The molecule has 0 heterocycles. The molecule has 0 spiro atoms. The fourth-order valence-electron chi connectivity index (χ4n) is 0. The summed E-state index contributed by atoms with van der Waals surface area (Å²) < 4.78 is 59.2. The van der Waals surface area contributed by atoms with Gasteiger partial charge in [-0.3, -0.25) is 0 Å². The monoisotopic (exact) mass is 194 g/mol. The second kappa shape index (κ2) is 3.48. The van der Waals surface area contributed by atoms with Crippen LogP contribution in [0.3, 0.4) is 0 Å². The molecule has 0 nitrogen and oxygen atoms in total. The van der Waals surface area contributed by atoms with Gasteiger partial charge in [-0.2, -0.15) is 0 Å². The van der Waals surface area contributed by atoms with Crippen molar-refractivity contribution in [1.82, 2.24) is 0 Å². The first-order chi connectivity index (χ1) is 2.45. The molecule has 10 heavy (non-hydrogen) atoms. The van der Waals surface area contributed by atoms with Crippen LogP contribution in [0.25, 0.3) is 0 Å². The Labute approximate surface area is 83.1 Å². The van der Waals surface area contributed by atoms with E-state index in [-0.39, 0.29) is 50.1 Å². The van der Waals surface area contributed by atoms with E-state index in [4.69, 9.17) is 0 Å². The first kappa shape index (κ1) is 22.5. The summed E-state index contributed by atoms with van der Waals surface area (Å²) in [5.41, 5.74) is 0. The molecule has 0 aromatic heterocycles. The molecule has 0 aromatic rings. The molecular weight excluding hydrogens is 194 g/mol. The van der Waals surface area contributed by atoms with E-state index in [1.54, 1.807) is 0 Å². The Morgan fingerprint density at radius 2 is 0.600 bits per heavy atom. The van der Waals surface area contributed by atoms with Crippen molar-refractivity contribution < 1.29 is 75.3 Å². The molecule has 0 fully saturated rings. The normalized spacial score (nSPS) is 16.2. The molecule has 0 aliphatic carbocycles. The molecule has 0 unspecified atom stereocenters. The predicted octanol–water partition coefficient (Wildman–Crippen LogP) is -5.61. The van der Waals surface area contributed by atoms with E-state index >= 15 is 0 Å². The standard InChI is InChI=1S/ClH.F6P.2Li/c;1-7(2,3,4,5)6;;/h1H;;;/q;-1;2*+1/p-1. The Balaban J connectivity index is -0.0000000600. The topological polar surface area (TPSA) is 0 Å². The van der Waals surface area contributed by atoms with Crippen molar-refractivity contribution in [3.05, 3.63) is 0 Å². The van der Waals surface area contributed by atoms with Crippen molar-refractivity contribution in [3.8, 4) is 0 Å². The summed E-state index contributed by atoms with van der Waals surface area (Å²) in [6, 6.07) is 0. The van der Waals surface area contributed by atoms with Crippen molar-refractivity contribution in [3.63, 3.8) is 0 Å². The number of rotatable bonds is 0. The van der Waals surface area contributed by atoms with Crippen LogP contribution in [0.1, 0.15) is 0 Å². The van der Waals surface area contributed by atoms with E-state index in [9.17, 15) is 25.2 Å². The zero-order chi connectivity index (χ0) is 6.41. The van der Waals surface area contributed by atoms with Gasteiger partial charge in [-0.25, -0.2) is 0 Å². The summed E-state index contributed by atoms with van der Waals surface area (Å²) in [6.07, 6.45) is 0. The average molecular weight is 194 g/mol. The van der Waals surface area contributed by atoms with Crippen molar-refractivity contribution in [1.29, 1.82) is 0 Å². The van der Waals surface area contributed by atoms with E-state index in [1.165, 1.54) is 0 Å². The van der Waals surface area contributed by atoms with Gasteiger partial charge in [-0.1, -0.05) is 0 Å². The van der Waals surface area contributed by atoms with E-state index in [0.717, 1.165) is 0 Å². The molecule has 0 aliphatic heterocycles. The maximum absolute atomic E-state index is 10.7. The number of hydrogen-bond acceptors (Lipinski definition) is 0. The third kappa shape index (κ3) is 307. The van der Waals surface area contributed by atoms with Crippen molar-refractivity contribution in [2.75, 3.05) is 0 Å². The largest absolute Gasteiger partial charge is 1.00 e. The summed E-state index contributed by atoms with van der Waals surface area (Å²) in [6.45, 7) is 0. The van der Waals surface area contributed by atoms with Crippen LogP contribution in [0.5, 0.6) is 0 Å². The Hall–Kier alpha value is 1.49. The first-order valence-electron chi connectivity index (χ1n) is 1.01. The number of hydrogen-bond donors (Lipinski definition) is 0. The van der Waals surface area contributed by atoms with Gasteiger partial charge in [0.05, 0.1) is 0 Å². The SMILES string of the molecule is F[P-](F)(F)(F)(F)F.[Cl-].[Li+].[Li+]. The van der Waals surface area contributed by atoms with Crippen LogP contribution in [0, 0.1) is 0 Å². The molecule has 0 bridgehead atoms. The van der Waals surface area contributed by atoms with Crippen LogP contribution in [0.15, 0.2) is 0 Å². The molecule has 0 N–H and O–H groups in total. The molecule has 0 saturated carbocycles. The second-order valence-electron chi connectivity index (χ2n) is 0.958. The minimum Gasteiger partial charge on any atom is -1.00 e. The fourth-order valence-corrected chi connectivity index (χ4v) is 0.